The zero-order chi connectivity index (χ0) is 24.7. The molecule has 0 unspecified atom stereocenters. The molecule has 0 aromatic heterocycles. The van der Waals surface area contributed by atoms with Gasteiger partial charge in [-0.1, -0.05) is 36.4 Å². The lowest BCUT2D eigenvalue weighted by molar-refractivity contribution is -0.134. The van der Waals surface area contributed by atoms with Crippen molar-refractivity contribution in [2.75, 3.05) is 6.54 Å². The van der Waals surface area contributed by atoms with Crippen LogP contribution in [0, 0.1) is 0 Å². The second-order valence-corrected chi connectivity index (χ2v) is 8.43. The SMILES string of the molecule is CC1(C)NC2=C(C=C3OC=CC=C3C2)N(NCCc2ccccc2)[C@@H]1O.O=C(O)/C=C\C(=O)O. The fourth-order valence-electron chi connectivity index (χ4n) is 3.70. The number of carbonyl (C=O) groups is 2. The number of carboxylic acid groups (broad SMARTS) is 2. The molecule has 180 valence electrons. The Morgan fingerprint density at radius 2 is 1.88 bits per heavy atom. The van der Waals surface area contributed by atoms with E-state index in [1.54, 1.807) is 6.26 Å². The van der Waals surface area contributed by atoms with E-state index in [1.807, 2.05) is 49.2 Å². The molecule has 0 saturated carbocycles. The van der Waals surface area contributed by atoms with Gasteiger partial charge in [-0.15, -0.1) is 0 Å². The van der Waals surface area contributed by atoms with E-state index in [1.165, 1.54) is 5.56 Å². The molecule has 0 amide bonds. The zero-order valence-corrected chi connectivity index (χ0v) is 19.1. The normalized spacial score (nSPS) is 20.1. The van der Waals surface area contributed by atoms with Crippen molar-refractivity contribution in [3.8, 4) is 0 Å². The summed E-state index contributed by atoms with van der Waals surface area (Å²) in [5.74, 6) is -1.67. The van der Waals surface area contributed by atoms with Crippen LogP contribution >= 0.6 is 0 Å². The van der Waals surface area contributed by atoms with Gasteiger partial charge in [0, 0.05) is 42.5 Å². The molecule has 3 aliphatic rings. The third-order valence-corrected chi connectivity index (χ3v) is 5.36. The summed E-state index contributed by atoms with van der Waals surface area (Å²) < 4.78 is 5.65. The number of nitrogens with one attached hydrogen (secondary N) is 2. The lowest BCUT2D eigenvalue weighted by Gasteiger charge is -2.48. The molecule has 4 rings (SSSR count). The van der Waals surface area contributed by atoms with Crippen molar-refractivity contribution in [2.45, 2.75) is 38.5 Å². The Kier molecular flexibility index (Phi) is 7.93. The Morgan fingerprint density at radius 3 is 2.53 bits per heavy atom. The summed E-state index contributed by atoms with van der Waals surface area (Å²) in [5, 5.41) is 31.9. The van der Waals surface area contributed by atoms with Crippen LogP contribution in [-0.2, 0) is 20.7 Å². The first-order chi connectivity index (χ1) is 16.2. The van der Waals surface area contributed by atoms with Crippen LogP contribution < -0.4 is 10.7 Å². The summed E-state index contributed by atoms with van der Waals surface area (Å²) in [4.78, 5) is 19.1. The van der Waals surface area contributed by atoms with Crippen molar-refractivity contribution in [3.05, 3.63) is 95.3 Å². The second kappa shape index (κ2) is 10.9. The predicted octanol–water partition coefficient (Wildman–Crippen LogP) is 2.42. The fourth-order valence-corrected chi connectivity index (χ4v) is 3.70. The highest BCUT2D eigenvalue weighted by Gasteiger charge is 2.41. The average Bonchev–Trinajstić information content (AvgIpc) is 2.80. The number of allylic oxidation sites excluding steroid dienone is 5. The van der Waals surface area contributed by atoms with Gasteiger partial charge in [0.25, 0.3) is 0 Å². The van der Waals surface area contributed by atoms with Crippen molar-refractivity contribution in [2.24, 2.45) is 0 Å². The van der Waals surface area contributed by atoms with Crippen LogP contribution in [0.2, 0.25) is 0 Å². The maximum absolute atomic E-state index is 10.9. The van der Waals surface area contributed by atoms with Crippen LogP contribution in [0.4, 0.5) is 0 Å². The number of hydrazine groups is 1. The van der Waals surface area contributed by atoms with E-state index >= 15 is 0 Å². The summed E-state index contributed by atoms with van der Waals surface area (Å²) >= 11 is 0. The number of aliphatic hydroxyl groups excluding tert-OH is 1. The van der Waals surface area contributed by atoms with E-state index in [2.05, 4.69) is 29.0 Å². The summed E-state index contributed by atoms with van der Waals surface area (Å²) in [7, 11) is 0. The van der Waals surface area contributed by atoms with Crippen molar-refractivity contribution >= 4 is 11.9 Å². The Morgan fingerprint density at radius 1 is 1.21 bits per heavy atom. The smallest absolute Gasteiger partial charge is 0.328 e. The maximum atomic E-state index is 10.9. The lowest BCUT2D eigenvalue weighted by Crippen LogP contribution is -2.64. The molecule has 0 radical (unpaired) electrons. The second-order valence-electron chi connectivity index (χ2n) is 8.43. The number of aliphatic carboxylic acids is 2. The van der Waals surface area contributed by atoms with E-state index in [0.717, 1.165) is 42.1 Å². The van der Waals surface area contributed by atoms with Gasteiger partial charge in [0.2, 0.25) is 0 Å². The molecule has 0 saturated heterocycles. The third kappa shape index (κ3) is 6.37. The minimum Gasteiger partial charge on any atom is -0.478 e. The Labute approximate surface area is 198 Å². The number of aliphatic hydroxyl groups is 1. The largest absolute Gasteiger partial charge is 0.478 e. The molecule has 0 fully saturated rings. The first kappa shape index (κ1) is 24.8. The van der Waals surface area contributed by atoms with Gasteiger partial charge < -0.3 is 25.4 Å². The molecule has 0 spiro atoms. The average molecular weight is 468 g/mol. The van der Waals surface area contributed by atoms with Gasteiger partial charge in [-0.3, -0.25) is 5.01 Å². The number of benzene rings is 1. The van der Waals surface area contributed by atoms with Gasteiger partial charge in [-0.05, 0) is 31.9 Å². The van der Waals surface area contributed by atoms with Gasteiger partial charge in [0.1, 0.15) is 5.76 Å². The minimum absolute atomic E-state index is 0.462. The van der Waals surface area contributed by atoms with E-state index in [4.69, 9.17) is 14.9 Å². The Balaban J connectivity index is 0.000000350. The maximum Gasteiger partial charge on any atom is 0.328 e. The lowest BCUT2D eigenvalue weighted by atomic mass is 9.91. The molecule has 1 aromatic carbocycles. The van der Waals surface area contributed by atoms with Crippen molar-refractivity contribution in [1.29, 1.82) is 0 Å². The number of carboxylic acids is 2. The zero-order valence-electron chi connectivity index (χ0n) is 19.1. The molecule has 1 aliphatic carbocycles. The fraction of sp³-hybridized carbons (Fsp3) is 0.280. The number of ether oxygens (including phenoxy) is 1. The highest BCUT2D eigenvalue weighted by Crippen LogP contribution is 2.36. The van der Waals surface area contributed by atoms with E-state index in [-0.39, 0.29) is 0 Å². The van der Waals surface area contributed by atoms with E-state index < -0.39 is 23.7 Å². The molecule has 34 heavy (non-hydrogen) atoms. The molecule has 9 nitrogen and oxygen atoms in total. The molecular weight excluding hydrogens is 438 g/mol. The number of hydrogen-bond donors (Lipinski definition) is 5. The summed E-state index contributed by atoms with van der Waals surface area (Å²) in [6.45, 7) is 4.76. The van der Waals surface area contributed by atoms with E-state index in [9.17, 15) is 14.7 Å². The molecule has 2 aliphatic heterocycles. The minimum atomic E-state index is -1.26. The molecule has 1 atom stereocenters. The van der Waals surface area contributed by atoms with Gasteiger partial charge in [0.05, 0.1) is 17.5 Å². The van der Waals surface area contributed by atoms with Crippen LogP contribution in [0.3, 0.4) is 0 Å². The van der Waals surface area contributed by atoms with Crippen LogP contribution in [0.5, 0.6) is 0 Å². The number of nitrogens with zero attached hydrogens (tertiary/aromatic N) is 1. The summed E-state index contributed by atoms with van der Waals surface area (Å²) in [6.07, 6.45) is 9.74. The van der Waals surface area contributed by atoms with Crippen molar-refractivity contribution in [3.63, 3.8) is 0 Å². The Bertz CT molecular complexity index is 1050. The number of rotatable bonds is 6. The summed E-state index contributed by atoms with van der Waals surface area (Å²) in [6, 6.07) is 10.4. The predicted molar refractivity (Wildman–Crippen MR) is 126 cm³/mol. The molecule has 0 bridgehead atoms. The van der Waals surface area contributed by atoms with Gasteiger partial charge in [-0.25, -0.2) is 15.0 Å². The molecule has 2 heterocycles. The standard InChI is InChI=1S/C21H25N3O2.C4H4O4/c1-21(2)20(25)24(22-11-10-15-7-4-3-5-8-15)18-14-19-16(9-6-12-26-19)13-17(18)23-21;5-3(6)1-2-4(7)8/h3-9,12,14,20,22-23,25H,10-11,13H2,1-2H3;1-2H,(H,5,6)(H,7,8)/b;2-1-/t20-;/m1./s1. The van der Waals surface area contributed by atoms with Gasteiger partial charge in [0.15, 0.2) is 6.23 Å². The van der Waals surface area contributed by atoms with Crippen LogP contribution in [0.1, 0.15) is 25.8 Å². The van der Waals surface area contributed by atoms with E-state index in [0.29, 0.717) is 12.2 Å². The Hall–Kier alpha value is -3.82. The van der Waals surface area contributed by atoms with Gasteiger partial charge >= 0.3 is 11.9 Å². The first-order valence-corrected chi connectivity index (χ1v) is 10.8. The highest BCUT2D eigenvalue weighted by molar-refractivity contribution is 5.89. The topological polar surface area (TPSA) is 131 Å². The monoisotopic (exact) mass is 467 g/mol. The van der Waals surface area contributed by atoms with Crippen LogP contribution in [0.25, 0.3) is 0 Å². The molecule has 5 N–H and O–H groups in total. The first-order valence-electron chi connectivity index (χ1n) is 10.8. The number of hydrogen-bond acceptors (Lipinski definition) is 7. The molecule has 9 heteroatoms. The van der Waals surface area contributed by atoms with Gasteiger partial charge in [-0.2, -0.15) is 0 Å². The van der Waals surface area contributed by atoms with Crippen molar-refractivity contribution in [1.82, 2.24) is 15.8 Å². The summed E-state index contributed by atoms with van der Waals surface area (Å²) in [5.41, 5.74) is 7.41. The third-order valence-electron chi connectivity index (χ3n) is 5.36. The quantitative estimate of drug-likeness (QED) is 0.400. The van der Waals surface area contributed by atoms with Crippen molar-refractivity contribution < 1.29 is 29.6 Å². The number of fused-ring (bicyclic) bond motifs is 1. The highest BCUT2D eigenvalue weighted by atomic mass is 16.5. The van der Waals surface area contributed by atoms with Crippen LogP contribution in [0.15, 0.2) is 89.7 Å². The van der Waals surface area contributed by atoms with Crippen LogP contribution in [-0.4, -0.2) is 50.6 Å². The molecule has 1 aromatic rings. The molecular formula is C25H29N3O6.